The van der Waals surface area contributed by atoms with Crippen LogP contribution in [0.15, 0.2) is 36.5 Å². The lowest BCUT2D eigenvalue weighted by Gasteiger charge is -2.11. The second-order valence-electron chi connectivity index (χ2n) is 4.76. The number of hydrogen-bond donors (Lipinski definition) is 1. The lowest BCUT2D eigenvalue weighted by Crippen LogP contribution is -1.96. The Balaban J connectivity index is 2.21. The number of nitrogens with one attached hydrogen (secondary N) is 1. The Morgan fingerprint density at radius 3 is 2.71 bits per heavy atom. The molecule has 1 aromatic heterocycles. The average Bonchev–Trinajstić information content (AvgIpc) is 2.49. The standard InChI is InChI=1S/C16H15N3O2/c1-11(2)15-7-14(5-3-12(15)8-17)21-16-6-4-13(9-18-16)19-10-20/h3-7,9-11H,1-2H3,(H,19,20). The Morgan fingerprint density at radius 2 is 2.14 bits per heavy atom. The summed E-state index contributed by atoms with van der Waals surface area (Å²) in [4.78, 5) is 14.4. The number of ether oxygens (including phenoxy) is 1. The summed E-state index contributed by atoms with van der Waals surface area (Å²) in [5.74, 6) is 1.28. The zero-order valence-electron chi connectivity index (χ0n) is 11.8. The highest BCUT2D eigenvalue weighted by Gasteiger charge is 2.09. The van der Waals surface area contributed by atoms with Gasteiger partial charge in [-0.15, -0.1) is 0 Å². The molecule has 0 atom stereocenters. The summed E-state index contributed by atoms with van der Waals surface area (Å²) < 4.78 is 5.67. The molecule has 0 radical (unpaired) electrons. The van der Waals surface area contributed by atoms with Crippen molar-refractivity contribution < 1.29 is 9.53 Å². The fourth-order valence-electron chi connectivity index (χ4n) is 1.90. The van der Waals surface area contributed by atoms with Crippen LogP contribution in [0.5, 0.6) is 11.6 Å². The van der Waals surface area contributed by atoms with Crippen LogP contribution < -0.4 is 10.1 Å². The van der Waals surface area contributed by atoms with E-state index >= 15 is 0 Å². The van der Waals surface area contributed by atoms with Crippen molar-refractivity contribution in [1.29, 1.82) is 5.26 Å². The van der Waals surface area contributed by atoms with E-state index in [4.69, 9.17) is 10.00 Å². The number of nitriles is 1. The molecular formula is C16H15N3O2. The summed E-state index contributed by atoms with van der Waals surface area (Å²) in [5.41, 5.74) is 2.19. The number of benzene rings is 1. The van der Waals surface area contributed by atoms with Crippen molar-refractivity contribution in [3.05, 3.63) is 47.7 Å². The smallest absolute Gasteiger partial charge is 0.219 e. The molecular weight excluding hydrogens is 266 g/mol. The lowest BCUT2D eigenvalue weighted by atomic mass is 9.98. The van der Waals surface area contributed by atoms with Gasteiger partial charge in [0.1, 0.15) is 5.75 Å². The van der Waals surface area contributed by atoms with Gasteiger partial charge in [-0.3, -0.25) is 4.79 Å². The van der Waals surface area contributed by atoms with Gasteiger partial charge >= 0.3 is 0 Å². The van der Waals surface area contributed by atoms with E-state index in [0.29, 0.717) is 29.3 Å². The molecule has 0 spiro atoms. The van der Waals surface area contributed by atoms with Gasteiger partial charge in [0.05, 0.1) is 23.5 Å². The van der Waals surface area contributed by atoms with E-state index in [1.807, 2.05) is 19.9 Å². The molecule has 1 aromatic carbocycles. The van der Waals surface area contributed by atoms with Crippen LogP contribution in [0.2, 0.25) is 0 Å². The maximum absolute atomic E-state index is 10.3. The zero-order valence-corrected chi connectivity index (χ0v) is 11.8. The molecule has 0 aliphatic carbocycles. The minimum Gasteiger partial charge on any atom is -0.439 e. The van der Waals surface area contributed by atoms with Crippen LogP contribution in [-0.4, -0.2) is 11.4 Å². The van der Waals surface area contributed by atoms with Crippen molar-refractivity contribution in [1.82, 2.24) is 4.98 Å². The van der Waals surface area contributed by atoms with Crippen LogP contribution in [0.4, 0.5) is 5.69 Å². The number of pyridine rings is 1. The SMILES string of the molecule is CC(C)c1cc(Oc2ccc(NC=O)cn2)ccc1C#N. The Kier molecular flexibility index (Phi) is 4.52. The molecule has 2 aromatic rings. The molecule has 0 saturated carbocycles. The molecule has 0 bridgehead atoms. The third-order valence-corrected chi connectivity index (χ3v) is 2.95. The Hall–Kier alpha value is -2.87. The number of hydrogen-bond acceptors (Lipinski definition) is 4. The molecule has 0 unspecified atom stereocenters. The Bertz CT molecular complexity index is 673. The molecule has 1 heterocycles. The number of rotatable bonds is 5. The molecule has 106 valence electrons. The van der Waals surface area contributed by atoms with Crippen LogP contribution in [-0.2, 0) is 4.79 Å². The summed E-state index contributed by atoms with van der Waals surface area (Å²) >= 11 is 0. The normalized spacial score (nSPS) is 10.0. The third kappa shape index (κ3) is 3.57. The van der Waals surface area contributed by atoms with Crippen molar-refractivity contribution in [2.75, 3.05) is 5.32 Å². The number of carbonyl (C=O) groups excluding carboxylic acids is 1. The highest BCUT2D eigenvalue weighted by Crippen LogP contribution is 2.27. The quantitative estimate of drug-likeness (QED) is 0.852. The van der Waals surface area contributed by atoms with E-state index in [1.165, 1.54) is 6.20 Å². The fraction of sp³-hybridized carbons (Fsp3) is 0.188. The number of carbonyl (C=O) groups is 1. The largest absolute Gasteiger partial charge is 0.439 e. The van der Waals surface area contributed by atoms with E-state index in [1.54, 1.807) is 24.3 Å². The molecule has 0 saturated heterocycles. The first-order valence-corrected chi connectivity index (χ1v) is 6.52. The van der Waals surface area contributed by atoms with Gasteiger partial charge in [0.15, 0.2) is 0 Å². The van der Waals surface area contributed by atoms with Crippen molar-refractivity contribution in [2.45, 2.75) is 19.8 Å². The molecule has 5 nitrogen and oxygen atoms in total. The summed E-state index contributed by atoms with van der Waals surface area (Å²) in [6.07, 6.45) is 2.10. The number of nitrogens with zero attached hydrogens (tertiary/aromatic N) is 2. The molecule has 0 aliphatic rings. The van der Waals surface area contributed by atoms with E-state index in [2.05, 4.69) is 16.4 Å². The first-order valence-electron chi connectivity index (χ1n) is 6.52. The zero-order chi connectivity index (χ0) is 15.2. The monoisotopic (exact) mass is 281 g/mol. The molecule has 21 heavy (non-hydrogen) atoms. The minimum absolute atomic E-state index is 0.232. The second-order valence-corrected chi connectivity index (χ2v) is 4.76. The number of anilines is 1. The van der Waals surface area contributed by atoms with E-state index in [-0.39, 0.29) is 5.92 Å². The third-order valence-electron chi connectivity index (χ3n) is 2.95. The summed E-state index contributed by atoms with van der Waals surface area (Å²) in [5, 5.41) is 11.6. The highest BCUT2D eigenvalue weighted by atomic mass is 16.5. The summed E-state index contributed by atoms with van der Waals surface area (Å²) in [6.45, 7) is 4.05. The molecule has 0 aliphatic heterocycles. The molecule has 0 fully saturated rings. The Labute approximate surface area is 123 Å². The van der Waals surface area contributed by atoms with Crippen molar-refractivity contribution >= 4 is 12.1 Å². The number of aromatic nitrogens is 1. The van der Waals surface area contributed by atoms with Crippen molar-refractivity contribution in [2.24, 2.45) is 0 Å². The van der Waals surface area contributed by atoms with E-state index < -0.39 is 0 Å². The van der Waals surface area contributed by atoms with Crippen LogP contribution in [0.3, 0.4) is 0 Å². The second kappa shape index (κ2) is 6.53. The van der Waals surface area contributed by atoms with Gasteiger partial charge < -0.3 is 10.1 Å². The van der Waals surface area contributed by atoms with E-state index in [9.17, 15) is 4.79 Å². The number of amides is 1. The highest BCUT2D eigenvalue weighted by molar-refractivity contribution is 5.70. The van der Waals surface area contributed by atoms with Gasteiger partial charge in [0.2, 0.25) is 12.3 Å². The predicted molar refractivity (Wildman–Crippen MR) is 79.2 cm³/mol. The van der Waals surface area contributed by atoms with Crippen molar-refractivity contribution in [3.63, 3.8) is 0 Å². The topological polar surface area (TPSA) is 75.0 Å². The summed E-state index contributed by atoms with van der Waals surface area (Å²) in [6, 6.07) is 10.9. The van der Waals surface area contributed by atoms with Gasteiger partial charge in [0.25, 0.3) is 0 Å². The van der Waals surface area contributed by atoms with Crippen LogP contribution in [0.25, 0.3) is 0 Å². The van der Waals surface area contributed by atoms with Crippen molar-refractivity contribution in [3.8, 4) is 17.7 Å². The minimum atomic E-state index is 0.232. The molecule has 2 rings (SSSR count). The summed E-state index contributed by atoms with van der Waals surface area (Å²) in [7, 11) is 0. The van der Waals surface area contributed by atoms with Gasteiger partial charge in [-0.2, -0.15) is 5.26 Å². The molecule has 5 heteroatoms. The maximum Gasteiger partial charge on any atom is 0.219 e. The fourth-order valence-corrected chi connectivity index (χ4v) is 1.90. The molecule has 1 N–H and O–H groups in total. The Morgan fingerprint density at radius 1 is 1.33 bits per heavy atom. The van der Waals surface area contributed by atoms with Gasteiger partial charge in [-0.1, -0.05) is 13.8 Å². The van der Waals surface area contributed by atoms with E-state index in [0.717, 1.165) is 5.56 Å². The first kappa shape index (κ1) is 14.5. The lowest BCUT2D eigenvalue weighted by molar-refractivity contribution is -0.105. The first-order chi connectivity index (χ1) is 10.1. The van der Waals surface area contributed by atoms with Crippen LogP contribution >= 0.6 is 0 Å². The molecule has 1 amide bonds. The van der Waals surface area contributed by atoms with Gasteiger partial charge in [0, 0.05) is 6.07 Å². The maximum atomic E-state index is 10.3. The average molecular weight is 281 g/mol. The predicted octanol–water partition coefficient (Wildman–Crippen LogP) is 3.44. The van der Waals surface area contributed by atoms with Gasteiger partial charge in [-0.25, -0.2) is 4.98 Å². The van der Waals surface area contributed by atoms with Crippen LogP contribution in [0.1, 0.15) is 30.9 Å². The van der Waals surface area contributed by atoms with Crippen LogP contribution in [0, 0.1) is 11.3 Å². The van der Waals surface area contributed by atoms with Gasteiger partial charge in [-0.05, 0) is 35.7 Å².